The fourth-order valence-electron chi connectivity index (χ4n) is 3.95. The van der Waals surface area contributed by atoms with Crippen LogP contribution in [0.2, 0.25) is 0 Å². The van der Waals surface area contributed by atoms with Crippen LogP contribution in [0.4, 0.5) is 21.0 Å². The van der Waals surface area contributed by atoms with Crippen LogP contribution >= 0.6 is 0 Å². The van der Waals surface area contributed by atoms with Gasteiger partial charge in [0.25, 0.3) is 11.4 Å². The van der Waals surface area contributed by atoms with Gasteiger partial charge in [-0.2, -0.15) is 10.2 Å². The third-order valence-electron chi connectivity index (χ3n) is 6.18. The summed E-state index contributed by atoms with van der Waals surface area (Å²) in [6, 6.07) is 17.3. The Kier molecular flexibility index (Phi) is 28.4. The van der Waals surface area contributed by atoms with Crippen LogP contribution < -0.4 is 10.6 Å². The Balaban J connectivity index is -0.000000260. The first-order chi connectivity index (χ1) is 22.0. The number of hydrogen-bond acceptors (Lipinski definition) is 12. The van der Waals surface area contributed by atoms with E-state index in [-0.39, 0.29) is 122 Å². The molecule has 0 spiro atoms. The maximum atomic E-state index is 11.3. The first-order valence-electron chi connectivity index (χ1n) is 13.1. The Morgan fingerprint density at radius 1 is 0.545 bits per heavy atom. The van der Waals surface area contributed by atoms with E-state index in [4.69, 9.17) is 8.83 Å². The molecule has 2 aliphatic rings. The monoisotopic (exact) mass is 800 g/mol. The smallest absolute Gasteiger partial charge is 0.344 e. The van der Waals surface area contributed by atoms with Crippen molar-refractivity contribution in [2.24, 2.45) is 10.2 Å². The van der Waals surface area contributed by atoms with E-state index in [2.05, 4.69) is 20.8 Å². The van der Waals surface area contributed by atoms with E-state index in [0.29, 0.717) is 34.2 Å². The zero-order chi connectivity index (χ0) is 32.8. The zero-order valence-electron chi connectivity index (χ0n) is 28.8. The summed E-state index contributed by atoms with van der Waals surface area (Å²) < 4.78 is 11.1. The molecule has 2 aromatic heterocycles. The molecule has 2 saturated heterocycles. The number of urea groups is 2. The van der Waals surface area contributed by atoms with Crippen molar-refractivity contribution < 1.29 is 76.2 Å². The van der Waals surface area contributed by atoms with Crippen molar-refractivity contribution in [3.8, 4) is 22.6 Å². The van der Waals surface area contributed by atoms with Gasteiger partial charge in [-0.15, -0.1) is 0 Å². The second kappa shape index (κ2) is 26.5. The van der Waals surface area contributed by atoms with E-state index in [0.717, 1.165) is 10.0 Å². The standard InChI is InChI=1S/2C14H10N4O5.2Na.7H2O/c2*19-13-8-17(14(20)16-13)15-7-11-5-6-12(23-11)9-1-3-10(4-2-9)18(21)22;;;;;;;;;/h2*1-7H,8H2,(H,16,19,20);;;7*1H2/b2*15-7+;;;;;;;;;. The number of amides is 6. The van der Waals surface area contributed by atoms with Crippen molar-refractivity contribution in [3.05, 3.63) is 105 Å². The molecule has 0 bridgehead atoms. The molecule has 0 saturated carbocycles. The number of non-ortho nitro benzene ring substituents is 2. The Morgan fingerprint density at radius 3 is 1.11 bits per heavy atom. The number of imide groups is 2. The van der Waals surface area contributed by atoms with Gasteiger partial charge < -0.3 is 47.2 Å². The molecule has 0 unspecified atom stereocenters. The number of carbonyl (C=O) groups excluding carboxylic acids is 4. The van der Waals surface area contributed by atoms with E-state index in [1.165, 1.54) is 36.7 Å². The molecule has 2 aliphatic heterocycles. The number of nitrogens with zero attached hydrogens (tertiary/aromatic N) is 6. The van der Waals surface area contributed by atoms with Crippen LogP contribution in [0.25, 0.3) is 22.6 Å². The van der Waals surface area contributed by atoms with Crippen molar-refractivity contribution in [1.82, 2.24) is 20.7 Å². The van der Waals surface area contributed by atoms with Gasteiger partial charge in [-0.25, -0.2) is 19.6 Å². The van der Waals surface area contributed by atoms with Crippen molar-refractivity contribution in [3.63, 3.8) is 0 Å². The predicted molar refractivity (Wildman–Crippen MR) is 194 cm³/mol. The maximum Gasteiger partial charge on any atom is 0.344 e. The number of nitro groups is 2. The number of furan rings is 2. The molecule has 25 nitrogen and oxygen atoms in total. The van der Waals surface area contributed by atoms with Crippen LogP contribution in [-0.4, -0.2) is 167 Å². The minimum atomic E-state index is -0.589. The molecule has 27 heteroatoms. The van der Waals surface area contributed by atoms with Gasteiger partial charge in [-0.05, 0) is 48.5 Å². The third-order valence-corrected chi connectivity index (χ3v) is 6.18. The topological polar surface area (TPSA) is 457 Å². The van der Waals surface area contributed by atoms with Gasteiger partial charge in [0.15, 0.2) is 0 Å². The minimum absolute atomic E-state index is 0. The summed E-state index contributed by atoms with van der Waals surface area (Å²) in [6.07, 6.45) is 2.63. The van der Waals surface area contributed by atoms with Crippen LogP contribution in [0, 0.1) is 20.2 Å². The molecule has 290 valence electrons. The molecule has 0 atom stereocenters. The van der Waals surface area contributed by atoms with Crippen molar-refractivity contribution in [2.45, 2.75) is 0 Å². The molecule has 6 rings (SSSR count). The van der Waals surface area contributed by atoms with E-state index in [1.54, 1.807) is 48.5 Å². The number of nitrogens with one attached hydrogen (secondary N) is 2. The number of benzene rings is 2. The second-order valence-corrected chi connectivity index (χ2v) is 9.32. The normalized spacial score (nSPS) is 12.1. The number of rotatable bonds is 8. The molecule has 0 aliphatic carbocycles. The minimum Gasteiger partial charge on any atom is -0.455 e. The number of carbonyl (C=O) groups is 4. The first-order valence-corrected chi connectivity index (χ1v) is 13.1. The fraction of sp³-hybridized carbons (Fsp3) is 0.0714. The molecular weight excluding hydrogens is 766 g/mol. The Morgan fingerprint density at radius 2 is 0.855 bits per heavy atom. The molecule has 55 heavy (non-hydrogen) atoms. The van der Waals surface area contributed by atoms with Gasteiger partial charge in [0.1, 0.15) is 36.1 Å². The van der Waals surface area contributed by atoms with Crippen LogP contribution in [0.1, 0.15) is 11.5 Å². The average Bonchev–Trinajstić information content (AvgIpc) is 3.83. The molecule has 2 aromatic carbocycles. The van der Waals surface area contributed by atoms with Gasteiger partial charge in [-0.3, -0.25) is 40.5 Å². The summed E-state index contributed by atoms with van der Waals surface area (Å²) >= 11 is 0. The van der Waals surface area contributed by atoms with Crippen LogP contribution in [0.15, 0.2) is 91.8 Å². The van der Waals surface area contributed by atoms with Crippen molar-refractivity contribution in [2.75, 3.05) is 13.1 Å². The summed E-state index contributed by atoms with van der Waals surface area (Å²) in [5, 5.41) is 35.1. The molecule has 2 fully saturated rings. The number of hydrogen-bond donors (Lipinski definition) is 2. The van der Waals surface area contributed by atoms with E-state index >= 15 is 0 Å². The summed E-state index contributed by atoms with van der Waals surface area (Å²) in [5.41, 5.74) is 1.33. The van der Waals surface area contributed by atoms with E-state index in [1.807, 2.05) is 0 Å². The van der Waals surface area contributed by atoms with Crippen LogP contribution in [0.3, 0.4) is 0 Å². The molecule has 16 N–H and O–H groups in total. The summed E-state index contributed by atoms with van der Waals surface area (Å²) in [7, 11) is 0. The van der Waals surface area contributed by atoms with Crippen LogP contribution in [-0.2, 0) is 9.59 Å². The molecule has 2 radical (unpaired) electrons. The second-order valence-electron chi connectivity index (χ2n) is 9.32. The zero-order valence-corrected chi connectivity index (χ0v) is 32.8. The van der Waals surface area contributed by atoms with Crippen LogP contribution in [0.5, 0.6) is 0 Å². The Bertz CT molecular complexity index is 1780. The summed E-state index contributed by atoms with van der Waals surface area (Å²) in [5.74, 6) is 0.930. The Hall–Kier alpha value is -5.26. The van der Waals surface area contributed by atoms with E-state index < -0.39 is 33.7 Å². The number of hydrazone groups is 2. The van der Waals surface area contributed by atoms with Gasteiger partial charge in [0, 0.05) is 94.5 Å². The molecule has 6 amide bonds. The third kappa shape index (κ3) is 15.6. The Labute approximate surface area is 352 Å². The van der Waals surface area contributed by atoms with Crippen molar-refractivity contribution >= 4 is 107 Å². The van der Waals surface area contributed by atoms with Gasteiger partial charge in [0.05, 0.1) is 22.3 Å². The molecule has 4 aromatic rings. The van der Waals surface area contributed by atoms with E-state index in [9.17, 15) is 39.4 Å². The quantitative estimate of drug-likeness (QED) is 0.0596. The largest absolute Gasteiger partial charge is 0.455 e. The fourth-order valence-corrected chi connectivity index (χ4v) is 3.95. The SMILES string of the molecule is O.O.O.O.O.O.O.O=C1CN(/N=C/c2ccc(-c3ccc([N+](=O)[O-])cc3)o2)C(=O)N1.O=C1CN(/N=C/c2ccc(-c3ccc([N+](=O)[O-])cc3)o2)C(=O)N1.[Na].[Na]. The molecule has 4 heterocycles. The van der Waals surface area contributed by atoms with Gasteiger partial charge in [0.2, 0.25) is 11.8 Å². The van der Waals surface area contributed by atoms with Gasteiger partial charge >= 0.3 is 12.1 Å². The van der Waals surface area contributed by atoms with Crippen molar-refractivity contribution in [1.29, 1.82) is 0 Å². The van der Waals surface area contributed by atoms with Gasteiger partial charge in [-0.1, -0.05) is 0 Å². The summed E-state index contributed by atoms with van der Waals surface area (Å²) in [4.78, 5) is 64.9. The number of nitro benzene ring substituents is 2. The molecular formula is C28H34N8Na2O17. The average molecular weight is 801 g/mol. The maximum absolute atomic E-state index is 11.3. The predicted octanol–water partition coefficient (Wildman–Crippen LogP) is -3.05. The first kappa shape index (κ1) is 59.0. The summed E-state index contributed by atoms with van der Waals surface area (Å²) in [6.45, 7) is -0.267.